The second-order valence-corrected chi connectivity index (χ2v) is 7.93. The van der Waals surface area contributed by atoms with E-state index in [1.54, 1.807) is 11.8 Å². The summed E-state index contributed by atoms with van der Waals surface area (Å²) in [5.74, 6) is 0.504. The number of aromatic amines is 1. The molecule has 6 nitrogen and oxygen atoms in total. The number of aryl methyl sites for hydroxylation is 2. The van der Waals surface area contributed by atoms with Gasteiger partial charge < -0.3 is 15.0 Å². The van der Waals surface area contributed by atoms with Crippen molar-refractivity contribution >= 4 is 35.4 Å². The maximum Gasteiger partial charge on any atom is 0.328 e. The average molecular weight is 408 g/mol. The fourth-order valence-corrected chi connectivity index (χ4v) is 3.68. The van der Waals surface area contributed by atoms with Gasteiger partial charge in [0.25, 0.3) is 0 Å². The molecule has 0 bridgehead atoms. The predicted octanol–water partition coefficient (Wildman–Crippen LogP) is 2.62. The molecule has 146 valence electrons. The van der Waals surface area contributed by atoms with Gasteiger partial charge >= 0.3 is 5.97 Å². The largest absolute Gasteiger partial charge is 0.467 e. The van der Waals surface area contributed by atoms with Crippen LogP contribution in [0.3, 0.4) is 0 Å². The molecule has 2 rings (SSSR count). The molecule has 0 aliphatic carbocycles. The highest BCUT2D eigenvalue weighted by Gasteiger charge is 2.22. The molecule has 1 amide bonds. The SMILES string of the molecule is COC(=O)C(Cc1ccccc1)NC(=O)CSc1nc(CCSC)c(C)[nH]1. The molecule has 27 heavy (non-hydrogen) atoms. The van der Waals surface area contributed by atoms with Crippen LogP contribution in [0.15, 0.2) is 35.5 Å². The first-order valence-electron chi connectivity index (χ1n) is 8.61. The van der Waals surface area contributed by atoms with Gasteiger partial charge in [-0.2, -0.15) is 11.8 Å². The number of H-pyrrole nitrogens is 1. The summed E-state index contributed by atoms with van der Waals surface area (Å²) in [5, 5.41) is 3.48. The van der Waals surface area contributed by atoms with Crippen molar-refractivity contribution in [1.29, 1.82) is 0 Å². The Morgan fingerprint density at radius 3 is 2.70 bits per heavy atom. The van der Waals surface area contributed by atoms with Crippen LogP contribution in [-0.4, -0.2) is 52.8 Å². The first-order valence-corrected chi connectivity index (χ1v) is 11.0. The zero-order chi connectivity index (χ0) is 19.6. The molecule has 2 N–H and O–H groups in total. The monoisotopic (exact) mass is 407 g/mol. The van der Waals surface area contributed by atoms with E-state index in [9.17, 15) is 9.59 Å². The lowest BCUT2D eigenvalue weighted by Gasteiger charge is -2.16. The third kappa shape index (κ3) is 6.95. The molecule has 1 aromatic carbocycles. The van der Waals surface area contributed by atoms with Gasteiger partial charge in [-0.1, -0.05) is 42.1 Å². The van der Waals surface area contributed by atoms with Gasteiger partial charge in [-0.25, -0.2) is 9.78 Å². The van der Waals surface area contributed by atoms with Crippen LogP contribution in [0.5, 0.6) is 0 Å². The van der Waals surface area contributed by atoms with Crippen molar-refractivity contribution < 1.29 is 14.3 Å². The van der Waals surface area contributed by atoms with E-state index in [0.717, 1.165) is 34.3 Å². The van der Waals surface area contributed by atoms with Gasteiger partial charge in [0, 0.05) is 18.5 Å². The summed E-state index contributed by atoms with van der Waals surface area (Å²) in [5.41, 5.74) is 3.02. The minimum Gasteiger partial charge on any atom is -0.467 e. The zero-order valence-corrected chi connectivity index (χ0v) is 17.4. The van der Waals surface area contributed by atoms with E-state index in [1.807, 2.05) is 37.3 Å². The summed E-state index contributed by atoms with van der Waals surface area (Å²) in [4.78, 5) is 32.1. The third-order valence-electron chi connectivity index (χ3n) is 3.95. The summed E-state index contributed by atoms with van der Waals surface area (Å²) >= 11 is 3.10. The quantitative estimate of drug-likeness (QED) is 0.465. The molecule has 0 aliphatic heterocycles. The number of methoxy groups -OCH3 is 1. The normalized spacial score (nSPS) is 11.8. The minimum absolute atomic E-state index is 0.178. The number of imidazole rings is 1. The first-order chi connectivity index (χ1) is 13.0. The Morgan fingerprint density at radius 1 is 1.30 bits per heavy atom. The zero-order valence-electron chi connectivity index (χ0n) is 15.8. The Hall–Kier alpha value is -1.93. The van der Waals surface area contributed by atoms with Crippen molar-refractivity contribution in [2.75, 3.05) is 24.9 Å². The number of nitrogens with one attached hydrogen (secondary N) is 2. The van der Waals surface area contributed by atoms with Gasteiger partial charge in [-0.15, -0.1) is 0 Å². The van der Waals surface area contributed by atoms with E-state index in [4.69, 9.17) is 4.74 Å². The van der Waals surface area contributed by atoms with Crippen molar-refractivity contribution in [3.63, 3.8) is 0 Å². The Balaban J connectivity index is 1.90. The summed E-state index contributed by atoms with van der Waals surface area (Å²) in [6.07, 6.45) is 3.36. The molecule has 1 aromatic heterocycles. The van der Waals surface area contributed by atoms with Gasteiger partial charge in [0.2, 0.25) is 5.91 Å². The van der Waals surface area contributed by atoms with Crippen LogP contribution in [0.25, 0.3) is 0 Å². The second kappa shape index (κ2) is 11.0. The van der Waals surface area contributed by atoms with Gasteiger partial charge in [0.05, 0.1) is 18.6 Å². The molecule has 1 atom stereocenters. The Labute approximate surface area is 168 Å². The Kier molecular flexibility index (Phi) is 8.74. The van der Waals surface area contributed by atoms with E-state index < -0.39 is 12.0 Å². The highest BCUT2D eigenvalue weighted by molar-refractivity contribution is 7.99. The second-order valence-electron chi connectivity index (χ2n) is 5.98. The number of hydrogen-bond donors (Lipinski definition) is 2. The molecule has 0 spiro atoms. The molecule has 1 unspecified atom stereocenters. The number of carbonyl (C=O) groups excluding carboxylic acids is 2. The van der Waals surface area contributed by atoms with Crippen LogP contribution in [0.4, 0.5) is 0 Å². The molecule has 0 radical (unpaired) electrons. The lowest BCUT2D eigenvalue weighted by Crippen LogP contribution is -2.43. The van der Waals surface area contributed by atoms with Crippen molar-refractivity contribution in [2.24, 2.45) is 0 Å². The van der Waals surface area contributed by atoms with Crippen LogP contribution in [0, 0.1) is 6.92 Å². The van der Waals surface area contributed by atoms with Crippen LogP contribution < -0.4 is 5.32 Å². The van der Waals surface area contributed by atoms with Crippen molar-refractivity contribution in [3.05, 3.63) is 47.3 Å². The van der Waals surface area contributed by atoms with E-state index >= 15 is 0 Å². The van der Waals surface area contributed by atoms with E-state index in [1.165, 1.54) is 18.9 Å². The van der Waals surface area contributed by atoms with Crippen molar-refractivity contribution in [3.8, 4) is 0 Å². The lowest BCUT2D eigenvalue weighted by atomic mass is 10.1. The number of benzene rings is 1. The van der Waals surface area contributed by atoms with Gasteiger partial charge in [-0.05, 0) is 24.5 Å². The summed E-state index contributed by atoms with van der Waals surface area (Å²) < 4.78 is 4.82. The highest BCUT2D eigenvalue weighted by Crippen LogP contribution is 2.17. The number of ether oxygens (including phenoxy) is 1. The standard InChI is InChI=1S/C19H25N3O3S2/c1-13-15(9-10-26-3)22-19(20-13)27-12-17(23)21-16(18(24)25-2)11-14-7-5-4-6-8-14/h4-8,16H,9-12H2,1-3H3,(H,20,22)(H,21,23). The van der Waals surface area contributed by atoms with Crippen molar-refractivity contribution in [1.82, 2.24) is 15.3 Å². The number of rotatable bonds is 10. The Morgan fingerprint density at radius 2 is 2.04 bits per heavy atom. The van der Waals surface area contributed by atoms with Crippen LogP contribution in [0.2, 0.25) is 0 Å². The minimum atomic E-state index is -0.707. The summed E-state index contributed by atoms with van der Waals surface area (Å²) in [6, 6.07) is 8.83. The fourth-order valence-electron chi connectivity index (χ4n) is 2.53. The summed E-state index contributed by atoms with van der Waals surface area (Å²) in [7, 11) is 1.32. The molecule has 1 heterocycles. The topological polar surface area (TPSA) is 84.1 Å². The number of nitrogens with zero attached hydrogens (tertiary/aromatic N) is 1. The number of carbonyl (C=O) groups is 2. The van der Waals surface area contributed by atoms with E-state index in [0.29, 0.717) is 6.42 Å². The molecular weight excluding hydrogens is 382 g/mol. The number of aromatic nitrogens is 2. The maximum atomic E-state index is 12.3. The third-order valence-corrected chi connectivity index (χ3v) is 5.44. The van der Waals surface area contributed by atoms with E-state index in [2.05, 4.69) is 21.5 Å². The molecule has 2 aromatic rings. The summed E-state index contributed by atoms with van der Waals surface area (Å²) in [6.45, 7) is 1.99. The van der Waals surface area contributed by atoms with Crippen LogP contribution in [0.1, 0.15) is 17.0 Å². The molecular formula is C19H25N3O3S2. The fraction of sp³-hybridized carbons (Fsp3) is 0.421. The van der Waals surface area contributed by atoms with E-state index in [-0.39, 0.29) is 11.7 Å². The average Bonchev–Trinajstić information content (AvgIpc) is 3.04. The maximum absolute atomic E-state index is 12.3. The molecule has 0 aliphatic rings. The van der Waals surface area contributed by atoms with Crippen LogP contribution >= 0.6 is 23.5 Å². The number of hydrogen-bond acceptors (Lipinski definition) is 6. The molecule has 8 heteroatoms. The van der Waals surface area contributed by atoms with Crippen molar-refractivity contribution in [2.45, 2.75) is 31.0 Å². The molecule has 0 saturated carbocycles. The number of thioether (sulfide) groups is 2. The van der Waals surface area contributed by atoms with Gasteiger partial charge in [0.15, 0.2) is 5.16 Å². The van der Waals surface area contributed by atoms with Crippen LogP contribution in [-0.2, 0) is 27.2 Å². The number of esters is 1. The highest BCUT2D eigenvalue weighted by atomic mass is 32.2. The first kappa shape index (κ1) is 21.4. The predicted molar refractivity (Wildman–Crippen MR) is 110 cm³/mol. The molecule has 0 saturated heterocycles. The lowest BCUT2D eigenvalue weighted by molar-refractivity contribution is -0.144. The Bertz CT molecular complexity index is 750. The van der Waals surface area contributed by atoms with Gasteiger partial charge in [0.1, 0.15) is 6.04 Å². The number of amides is 1. The smallest absolute Gasteiger partial charge is 0.328 e. The molecule has 0 fully saturated rings. The van der Waals surface area contributed by atoms with Gasteiger partial charge in [-0.3, -0.25) is 4.79 Å².